The molecule has 5 rings (SSSR count). The van der Waals surface area contributed by atoms with Gasteiger partial charge in [-0.1, -0.05) is 30.3 Å². The lowest BCUT2D eigenvalue weighted by molar-refractivity contribution is 0.102. The van der Waals surface area contributed by atoms with Gasteiger partial charge in [0.15, 0.2) is 0 Å². The standard InChI is InChI=1S/C25H22FN5O/c26-18-8-10-19(11-9-18)29-25(32)22-17-28-24(21-6-2-1-5-20(21)22)31-15-13-30(14-16-31)23-7-3-4-12-27-23/h1-12,17H,13-16H2,(H,29,32). The van der Waals surface area contributed by atoms with Crippen molar-refractivity contribution in [3.05, 3.63) is 90.5 Å². The van der Waals surface area contributed by atoms with Crippen molar-refractivity contribution >= 4 is 34.0 Å². The Morgan fingerprint density at radius 2 is 1.50 bits per heavy atom. The third-order valence-electron chi connectivity index (χ3n) is 5.67. The van der Waals surface area contributed by atoms with Crippen molar-refractivity contribution < 1.29 is 9.18 Å². The Bertz CT molecular complexity index is 1240. The fourth-order valence-corrected chi connectivity index (χ4v) is 4.03. The molecule has 0 aliphatic carbocycles. The van der Waals surface area contributed by atoms with Crippen LogP contribution in [0.5, 0.6) is 0 Å². The number of fused-ring (bicyclic) bond motifs is 1. The first-order valence-electron chi connectivity index (χ1n) is 10.5. The first kappa shape index (κ1) is 19.9. The number of aromatic nitrogens is 2. The number of benzene rings is 2. The van der Waals surface area contributed by atoms with Crippen molar-refractivity contribution in [3.8, 4) is 0 Å². The molecule has 3 heterocycles. The number of carbonyl (C=O) groups excluding carboxylic acids is 1. The minimum atomic E-state index is -0.345. The summed E-state index contributed by atoms with van der Waals surface area (Å²) < 4.78 is 13.2. The fourth-order valence-electron chi connectivity index (χ4n) is 4.03. The van der Waals surface area contributed by atoms with Crippen molar-refractivity contribution in [2.75, 3.05) is 41.3 Å². The predicted octanol–water partition coefficient (Wildman–Crippen LogP) is 4.35. The summed E-state index contributed by atoms with van der Waals surface area (Å²) in [6.07, 6.45) is 3.44. The summed E-state index contributed by atoms with van der Waals surface area (Å²) in [6.45, 7) is 3.32. The maximum absolute atomic E-state index is 13.2. The van der Waals surface area contributed by atoms with Crippen molar-refractivity contribution in [3.63, 3.8) is 0 Å². The topological polar surface area (TPSA) is 61.4 Å². The van der Waals surface area contributed by atoms with Crippen molar-refractivity contribution in [2.24, 2.45) is 0 Å². The molecule has 1 fully saturated rings. The summed E-state index contributed by atoms with van der Waals surface area (Å²) in [5.41, 5.74) is 1.02. The Morgan fingerprint density at radius 3 is 2.22 bits per heavy atom. The first-order valence-corrected chi connectivity index (χ1v) is 10.5. The van der Waals surface area contributed by atoms with Crippen molar-refractivity contribution in [1.29, 1.82) is 0 Å². The highest BCUT2D eigenvalue weighted by atomic mass is 19.1. The molecule has 0 spiro atoms. The van der Waals surface area contributed by atoms with Gasteiger partial charge < -0.3 is 15.1 Å². The van der Waals surface area contributed by atoms with Gasteiger partial charge >= 0.3 is 0 Å². The van der Waals surface area contributed by atoms with Gasteiger partial charge in [-0.15, -0.1) is 0 Å². The number of hydrogen-bond acceptors (Lipinski definition) is 5. The number of anilines is 3. The number of pyridine rings is 2. The monoisotopic (exact) mass is 427 g/mol. The van der Waals surface area contributed by atoms with E-state index in [4.69, 9.17) is 0 Å². The number of nitrogens with one attached hydrogen (secondary N) is 1. The van der Waals surface area contributed by atoms with Crippen LogP contribution in [0.25, 0.3) is 10.8 Å². The normalized spacial score (nSPS) is 13.9. The van der Waals surface area contributed by atoms with Gasteiger partial charge in [-0.05, 0) is 41.8 Å². The Kier molecular flexibility index (Phi) is 5.37. The van der Waals surface area contributed by atoms with Crippen molar-refractivity contribution in [1.82, 2.24) is 9.97 Å². The van der Waals surface area contributed by atoms with Crippen LogP contribution in [0.4, 0.5) is 21.7 Å². The maximum Gasteiger partial charge on any atom is 0.257 e. The number of carbonyl (C=O) groups is 1. The highest BCUT2D eigenvalue weighted by Gasteiger charge is 2.22. The summed E-state index contributed by atoms with van der Waals surface area (Å²) in [4.78, 5) is 26.6. The van der Waals surface area contributed by atoms with Crippen LogP contribution in [0.15, 0.2) is 79.1 Å². The molecular formula is C25H22FN5O. The quantitative estimate of drug-likeness (QED) is 0.525. The number of hydrogen-bond donors (Lipinski definition) is 1. The molecule has 0 bridgehead atoms. The Morgan fingerprint density at radius 1 is 0.812 bits per heavy atom. The second-order valence-corrected chi connectivity index (χ2v) is 7.66. The van der Waals surface area contributed by atoms with E-state index in [9.17, 15) is 9.18 Å². The average Bonchev–Trinajstić information content (AvgIpc) is 2.85. The molecule has 32 heavy (non-hydrogen) atoms. The summed E-state index contributed by atoms with van der Waals surface area (Å²) in [5, 5.41) is 4.60. The Labute approximate surface area is 185 Å². The lowest BCUT2D eigenvalue weighted by Crippen LogP contribution is -2.47. The molecule has 0 atom stereocenters. The van der Waals surface area contributed by atoms with Crippen LogP contribution in [0.2, 0.25) is 0 Å². The Balaban J connectivity index is 1.39. The number of halogens is 1. The molecule has 7 heteroatoms. The predicted molar refractivity (Wildman–Crippen MR) is 125 cm³/mol. The zero-order chi connectivity index (χ0) is 21.9. The minimum Gasteiger partial charge on any atom is -0.353 e. The number of amides is 1. The van der Waals surface area contributed by atoms with Crippen LogP contribution in [-0.4, -0.2) is 42.1 Å². The lowest BCUT2D eigenvalue weighted by atomic mass is 10.1. The average molecular weight is 427 g/mol. The van der Waals surface area contributed by atoms with E-state index in [0.717, 1.165) is 48.6 Å². The molecule has 1 N–H and O–H groups in total. The molecular weight excluding hydrogens is 405 g/mol. The third kappa shape index (κ3) is 3.97. The molecule has 1 aliphatic heterocycles. The van der Waals surface area contributed by atoms with Crippen LogP contribution >= 0.6 is 0 Å². The second kappa shape index (κ2) is 8.63. The summed E-state index contributed by atoms with van der Waals surface area (Å²) in [6, 6.07) is 19.5. The van der Waals surface area contributed by atoms with Crippen LogP contribution in [0, 0.1) is 5.82 Å². The summed E-state index contributed by atoms with van der Waals surface area (Å²) >= 11 is 0. The zero-order valence-corrected chi connectivity index (χ0v) is 17.4. The van der Waals surface area contributed by atoms with E-state index in [-0.39, 0.29) is 11.7 Å². The zero-order valence-electron chi connectivity index (χ0n) is 17.4. The van der Waals surface area contributed by atoms with Gasteiger partial charge in [0.25, 0.3) is 5.91 Å². The molecule has 6 nitrogen and oxygen atoms in total. The third-order valence-corrected chi connectivity index (χ3v) is 5.67. The maximum atomic E-state index is 13.2. The van der Waals surface area contributed by atoms with Gasteiger partial charge in [0.05, 0.1) is 5.56 Å². The van der Waals surface area contributed by atoms with Crippen molar-refractivity contribution in [2.45, 2.75) is 0 Å². The molecule has 1 aliphatic rings. The Hall–Kier alpha value is -4.00. The highest BCUT2D eigenvalue weighted by molar-refractivity contribution is 6.14. The van der Waals surface area contributed by atoms with Gasteiger partial charge in [0.2, 0.25) is 0 Å². The lowest BCUT2D eigenvalue weighted by Gasteiger charge is -2.36. The molecule has 0 unspecified atom stereocenters. The molecule has 0 radical (unpaired) electrons. The molecule has 2 aromatic carbocycles. The molecule has 1 saturated heterocycles. The number of rotatable bonds is 4. The van der Waals surface area contributed by atoms with Gasteiger partial charge in [0.1, 0.15) is 17.5 Å². The van der Waals surface area contributed by atoms with E-state index in [1.807, 2.05) is 48.7 Å². The van der Waals surface area contributed by atoms with Gasteiger partial charge in [-0.25, -0.2) is 14.4 Å². The van der Waals surface area contributed by atoms with Crippen LogP contribution < -0.4 is 15.1 Å². The van der Waals surface area contributed by atoms with E-state index in [2.05, 4.69) is 25.1 Å². The largest absolute Gasteiger partial charge is 0.353 e. The van der Waals surface area contributed by atoms with E-state index in [1.54, 1.807) is 6.20 Å². The summed E-state index contributed by atoms with van der Waals surface area (Å²) in [5.74, 6) is 1.24. The SMILES string of the molecule is O=C(Nc1ccc(F)cc1)c1cnc(N2CCN(c3ccccn3)CC2)c2ccccc12. The molecule has 160 valence electrons. The van der Waals surface area contributed by atoms with E-state index < -0.39 is 0 Å². The van der Waals surface area contributed by atoms with Gasteiger partial charge in [-0.3, -0.25) is 4.79 Å². The van der Waals surface area contributed by atoms with Crippen LogP contribution in [0.1, 0.15) is 10.4 Å². The number of piperazine rings is 1. The highest BCUT2D eigenvalue weighted by Crippen LogP contribution is 2.29. The molecule has 0 saturated carbocycles. The van der Waals surface area contributed by atoms with E-state index >= 15 is 0 Å². The van der Waals surface area contributed by atoms with Gasteiger partial charge in [0, 0.05) is 49.6 Å². The van der Waals surface area contributed by atoms with E-state index in [0.29, 0.717) is 11.3 Å². The van der Waals surface area contributed by atoms with Crippen LogP contribution in [0.3, 0.4) is 0 Å². The molecule has 4 aromatic rings. The molecule has 1 amide bonds. The molecule has 2 aromatic heterocycles. The second-order valence-electron chi connectivity index (χ2n) is 7.66. The van der Waals surface area contributed by atoms with E-state index in [1.165, 1.54) is 24.3 Å². The smallest absolute Gasteiger partial charge is 0.257 e. The van der Waals surface area contributed by atoms with Crippen LogP contribution in [-0.2, 0) is 0 Å². The van der Waals surface area contributed by atoms with Gasteiger partial charge in [-0.2, -0.15) is 0 Å². The fraction of sp³-hybridized carbons (Fsp3) is 0.160. The summed E-state index contributed by atoms with van der Waals surface area (Å²) in [7, 11) is 0. The first-order chi connectivity index (χ1) is 15.7. The number of nitrogens with zero attached hydrogens (tertiary/aromatic N) is 4. The minimum absolute atomic E-state index is 0.271.